The summed E-state index contributed by atoms with van der Waals surface area (Å²) < 4.78 is 0. The first-order valence-electron chi connectivity index (χ1n) is 4.36. The fraction of sp³-hybridized carbons (Fsp3) is 0. The number of nitrogens with zero attached hydrogens (tertiary/aromatic N) is 2. The fourth-order valence-corrected chi connectivity index (χ4v) is 1.90. The topological polar surface area (TPSA) is 77.3 Å². The Morgan fingerprint density at radius 1 is 1.20 bits per heavy atom. The van der Waals surface area contributed by atoms with Gasteiger partial charge in [-0.1, -0.05) is 30.3 Å². The molecule has 15 heavy (non-hydrogen) atoms. The lowest BCUT2D eigenvalue weighted by atomic mass is 10.2. The number of nitrogens with two attached hydrogens (primary N) is 2. The number of aromatic nitrogens is 1. The van der Waals surface area contributed by atoms with Crippen LogP contribution in [0.5, 0.6) is 0 Å². The second-order valence-corrected chi connectivity index (χ2v) is 3.77. The first-order valence-corrected chi connectivity index (χ1v) is 5.24. The van der Waals surface area contributed by atoms with Crippen LogP contribution in [-0.2, 0) is 0 Å². The van der Waals surface area contributed by atoms with Crippen molar-refractivity contribution in [2.45, 2.75) is 0 Å². The van der Waals surface area contributed by atoms with Crippen molar-refractivity contribution in [3.63, 3.8) is 0 Å². The number of hydrogen-bond donors (Lipinski definition) is 2. The Kier molecular flexibility index (Phi) is 2.64. The number of hydrogen-bond acceptors (Lipinski definition) is 3. The molecule has 4 nitrogen and oxygen atoms in total. The van der Waals surface area contributed by atoms with E-state index in [1.807, 2.05) is 35.7 Å². The van der Waals surface area contributed by atoms with Gasteiger partial charge in [0, 0.05) is 10.9 Å². The van der Waals surface area contributed by atoms with Crippen LogP contribution in [0.2, 0.25) is 0 Å². The monoisotopic (exact) mass is 218 g/mol. The summed E-state index contributed by atoms with van der Waals surface area (Å²) in [6, 6.07) is 9.90. The molecule has 0 atom stereocenters. The van der Waals surface area contributed by atoms with Crippen molar-refractivity contribution in [3.05, 3.63) is 35.7 Å². The van der Waals surface area contributed by atoms with Gasteiger partial charge in [0.2, 0.25) is 0 Å². The summed E-state index contributed by atoms with van der Waals surface area (Å²) >= 11 is 1.52. The van der Waals surface area contributed by atoms with Gasteiger partial charge in [0.05, 0.1) is 0 Å². The van der Waals surface area contributed by atoms with Crippen molar-refractivity contribution in [2.75, 3.05) is 0 Å². The van der Waals surface area contributed by atoms with Crippen molar-refractivity contribution in [2.24, 2.45) is 16.5 Å². The number of thiazole rings is 1. The molecule has 76 valence electrons. The number of guanidine groups is 1. The smallest absolute Gasteiger partial charge is 0.192 e. The maximum absolute atomic E-state index is 5.26. The van der Waals surface area contributed by atoms with Crippen LogP contribution in [-0.4, -0.2) is 10.9 Å². The molecule has 0 spiro atoms. The van der Waals surface area contributed by atoms with Crippen LogP contribution in [0.15, 0.2) is 40.7 Å². The summed E-state index contributed by atoms with van der Waals surface area (Å²) in [6.07, 6.45) is 0. The molecule has 0 unspecified atom stereocenters. The largest absolute Gasteiger partial charge is 0.370 e. The molecule has 0 saturated heterocycles. The minimum Gasteiger partial charge on any atom is -0.370 e. The molecule has 2 rings (SSSR count). The first kappa shape index (κ1) is 9.67. The average molecular weight is 218 g/mol. The van der Waals surface area contributed by atoms with E-state index in [9.17, 15) is 0 Å². The fourth-order valence-electron chi connectivity index (χ4n) is 1.16. The van der Waals surface area contributed by atoms with Crippen molar-refractivity contribution in [3.8, 4) is 10.6 Å². The Morgan fingerprint density at radius 2 is 1.93 bits per heavy atom. The molecule has 1 heterocycles. The highest BCUT2D eigenvalue weighted by atomic mass is 32.1. The quantitative estimate of drug-likeness (QED) is 0.595. The van der Waals surface area contributed by atoms with E-state index in [0.29, 0.717) is 5.82 Å². The van der Waals surface area contributed by atoms with Crippen LogP contribution < -0.4 is 11.5 Å². The third-order valence-corrected chi connectivity index (χ3v) is 2.64. The van der Waals surface area contributed by atoms with E-state index in [-0.39, 0.29) is 5.96 Å². The molecule has 5 heteroatoms. The lowest BCUT2D eigenvalue weighted by molar-refractivity contribution is 1.31. The molecule has 0 fully saturated rings. The number of benzene rings is 1. The van der Waals surface area contributed by atoms with Crippen LogP contribution in [0.4, 0.5) is 5.82 Å². The van der Waals surface area contributed by atoms with E-state index in [2.05, 4.69) is 9.98 Å². The van der Waals surface area contributed by atoms with Crippen LogP contribution in [0, 0.1) is 0 Å². The Labute approximate surface area is 91.3 Å². The molecule has 0 aliphatic rings. The number of rotatable bonds is 2. The lowest BCUT2D eigenvalue weighted by Crippen LogP contribution is -2.21. The highest BCUT2D eigenvalue weighted by Gasteiger charge is 2.02. The van der Waals surface area contributed by atoms with Gasteiger partial charge in [0.25, 0.3) is 0 Å². The van der Waals surface area contributed by atoms with Gasteiger partial charge in [-0.3, -0.25) is 0 Å². The van der Waals surface area contributed by atoms with Crippen molar-refractivity contribution >= 4 is 23.1 Å². The lowest BCUT2D eigenvalue weighted by Gasteiger charge is -1.92. The van der Waals surface area contributed by atoms with E-state index in [1.165, 1.54) is 11.3 Å². The summed E-state index contributed by atoms with van der Waals surface area (Å²) in [5.74, 6) is 0.582. The SMILES string of the molecule is NC(N)=Nc1csc(-c2ccccc2)n1. The molecule has 2 aromatic rings. The van der Waals surface area contributed by atoms with Crippen molar-refractivity contribution in [1.82, 2.24) is 4.98 Å². The molecule has 4 N–H and O–H groups in total. The van der Waals surface area contributed by atoms with E-state index in [1.54, 1.807) is 0 Å². The maximum atomic E-state index is 5.26. The molecule has 0 bridgehead atoms. The van der Waals surface area contributed by atoms with Gasteiger partial charge in [-0.05, 0) is 0 Å². The molecule has 0 amide bonds. The Bertz CT molecular complexity index is 471. The second kappa shape index (κ2) is 4.10. The standard InChI is InChI=1S/C10H10N4S/c11-10(12)14-8-6-15-9(13-8)7-4-2-1-3-5-7/h1-6H,(H4,11,12,14). The van der Waals surface area contributed by atoms with Crippen LogP contribution >= 0.6 is 11.3 Å². The van der Waals surface area contributed by atoms with Gasteiger partial charge >= 0.3 is 0 Å². The van der Waals surface area contributed by atoms with Crippen LogP contribution in [0.1, 0.15) is 0 Å². The van der Waals surface area contributed by atoms with E-state index < -0.39 is 0 Å². The van der Waals surface area contributed by atoms with Crippen molar-refractivity contribution < 1.29 is 0 Å². The Hall–Kier alpha value is -1.88. The van der Waals surface area contributed by atoms with Gasteiger partial charge in [-0.15, -0.1) is 11.3 Å². The molecule has 0 saturated carbocycles. The normalized spacial score (nSPS) is 9.87. The zero-order valence-electron chi connectivity index (χ0n) is 7.92. The van der Waals surface area contributed by atoms with Gasteiger partial charge in [-0.25, -0.2) is 4.98 Å². The van der Waals surface area contributed by atoms with Gasteiger partial charge in [-0.2, -0.15) is 4.99 Å². The van der Waals surface area contributed by atoms with Gasteiger partial charge in [0.1, 0.15) is 5.01 Å². The Morgan fingerprint density at radius 3 is 2.60 bits per heavy atom. The van der Waals surface area contributed by atoms with E-state index >= 15 is 0 Å². The van der Waals surface area contributed by atoms with Crippen LogP contribution in [0.25, 0.3) is 10.6 Å². The molecule has 1 aromatic carbocycles. The predicted octanol–water partition coefficient (Wildman–Crippen LogP) is 1.71. The summed E-state index contributed by atoms with van der Waals surface area (Å²) in [5, 5.41) is 2.73. The third-order valence-electron chi connectivity index (χ3n) is 1.76. The third kappa shape index (κ3) is 2.32. The molecular weight excluding hydrogens is 208 g/mol. The van der Waals surface area contributed by atoms with E-state index in [0.717, 1.165) is 10.6 Å². The molecule has 0 aliphatic heterocycles. The highest BCUT2D eigenvalue weighted by Crippen LogP contribution is 2.26. The zero-order chi connectivity index (χ0) is 10.7. The minimum absolute atomic E-state index is 0.0277. The van der Waals surface area contributed by atoms with Gasteiger partial charge < -0.3 is 11.5 Å². The molecule has 0 aliphatic carbocycles. The highest BCUT2D eigenvalue weighted by molar-refractivity contribution is 7.13. The molecular formula is C10H10N4S. The van der Waals surface area contributed by atoms with Crippen LogP contribution in [0.3, 0.4) is 0 Å². The average Bonchev–Trinajstić information content (AvgIpc) is 2.67. The maximum Gasteiger partial charge on any atom is 0.192 e. The second-order valence-electron chi connectivity index (χ2n) is 2.91. The minimum atomic E-state index is 0.0277. The zero-order valence-corrected chi connectivity index (χ0v) is 8.74. The predicted molar refractivity (Wildman–Crippen MR) is 63.0 cm³/mol. The number of aliphatic imine (C=N–C) groups is 1. The summed E-state index contributed by atoms with van der Waals surface area (Å²) in [5.41, 5.74) is 11.6. The molecule has 1 aromatic heterocycles. The molecule has 0 radical (unpaired) electrons. The summed E-state index contributed by atoms with van der Waals surface area (Å²) in [6.45, 7) is 0. The van der Waals surface area contributed by atoms with Crippen molar-refractivity contribution in [1.29, 1.82) is 0 Å². The summed E-state index contributed by atoms with van der Waals surface area (Å²) in [7, 11) is 0. The first-order chi connectivity index (χ1) is 7.25. The summed E-state index contributed by atoms with van der Waals surface area (Å²) in [4.78, 5) is 8.17. The van der Waals surface area contributed by atoms with Gasteiger partial charge in [0.15, 0.2) is 11.8 Å². The Balaban J connectivity index is 2.32. The van der Waals surface area contributed by atoms with E-state index in [4.69, 9.17) is 11.5 Å².